The van der Waals surface area contributed by atoms with Gasteiger partial charge in [0.15, 0.2) is 0 Å². The minimum Gasteiger partial charge on any atom is -0.344 e. The van der Waals surface area contributed by atoms with Crippen molar-refractivity contribution in [3.8, 4) is 5.69 Å². The molecule has 0 saturated heterocycles. The number of aryl methyl sites for hydroxylation is 3. The van der Waals surface area contributed by atoms with Gasteiger partial charge >= 0.3 is 6.03 Å². The number of aromatic nitrogens is 4. The van der Waals surface area contributed by atoms with Gasteiger partial charge in [-0.1, -0.05) is 19.1 Å². The molecule has 148 valence electrons. The number of carbonyl (C=O) groups excluding carboxylic acids is 1. The molecular formula is C21H28N6O. The molecule has 1 aromatic carbocycles. The molecule has 2 N–H and O–H groups in total. The molecule has 2 heterocycles. The largest absolute Gasteiger partial charge is 0.344 e. The number of benzene rings is 1. The summed E-state index contributed by atoms with van der Waals surface area (Å²) in [5.41, 5.74) is 5.09. The minimum absolute atomic E-state index is 0.127. The predicted molar refractivity (Wildman–Crippen MR) is 109 cm³/mol. The van der Waals surface area contributed by atoms with Crippen molar-refractivity contribution >= 4 is 6.03 Å². The average molecular weight is 380 g/mol. The summed E-state index contributed by atoms with van der Waals surface area (Å²) in [6.07, 6.45) is 2.54. The van der Waals surface area contributed by atoms with Crippen LogP contribution in [0.3, 0.4) is 0 Å². The molecule has 7 nitrogen and oxygen atoms in total. The summed E-state index contributed by atoms with van der Waals surface area (Å²) < 4.78 is 1.92. The number of hydrogen-bond acceptors (Lipinski definition) is 3. The summed E-state index contributed by atoms with van der Waals surface area (Å²) in [7, 11) is 1.80. The first-order chi connectivity index (χ1) is 13.4. The Morgan fingerprint density at radius 3 is 2.68 bits per heavy atom. The molecule has 0 aliphatic carbocycles. The molecular weight excluding hydrogens is 352 g/mol. The van der Waals surface area contributed by atoms with Crippen molar-refractivity contribution in [2.24, 2.45) is 0 Å². The molecule has 0 bridgehead atoms. The summed E-state index contributed by atoms with van der Waals surface area (Å²) in [4.78, 5) is 21.9. The van der Waals surface area contributed by atoms with Gasteiger partial charge in [-0.3, -0.25) is 0 Å². The molecule has 0 radical (unpaired) electrons. The van der Waals surface area contributed by atoms with Gasteiger partial charge in [0.2, 0.25) is 0 Å². The number of nitrogens with one attached hydrogen (secondary N) is 2. The fourth-order valence-electron chi connectivity index (χ4n) is 3.26. The Hall–Kier alpha value is -3.09. The molecule has 3 rings (SSSR count). The highest BCUT2D eigenvalue weighted by molar-refractivity contribution is 5.74. The maximum absolute atomic E-state index is 12.7. The molecule has 0 saturated carbocycles. The lowest BCUT2D eigenvalue weighted by atomic mass is 10.2. The van der Waals surface area contributed by atoms with Gasteiger partial charge in [0.05, 0.1) is 17.4 Å². The van der Waals surface area contributed by atoms with E-state index in [2.05, 4.69) is 26.4 Å². The number of carbonyl (C=O) groups is 1. The van der Waals surface area contributed by atoms with Crippen LogP contribution in [0.5, 0.6) is 0 Å². The monoisotopic (exact) mass is 380 g/mol. The number of rotatable bonds is 6. The standard InChI is InChI=1S/C21H28N6O/c1-6-19(20-22-12-15(3)23-20)24-21(28)26(5)13-17-8-7-9-18(11-17)27-16(4)10-14(2)25-27/h7-12,19H,6,13H2,1-5H3,(H,22,23)(H,24,28)/t19-/m1/s1. The highest BCUT2D eigenvalue weighted by Crippen LogP contribution is 2.16. The van der Waals surface area contributed by atoms with E-state index >= 15 is 0 Å². The normalized spacial score (nSPS) is 12.0. The van der Waals surface area contributed by atoms with Crippen molar-refractivity contribution in [3.63, 3.8) is 0 Å². The number of H-pyrrole nitrogens is 1. The van der Waals surface area contributed by atoms with Gasteiger partial charge in [-0.2, -0.15) is 5.10 Å². The molecule has 0 fully saturated rings. The molecule has 0 aliphatic heterocycles. The van der Waals surface area contributed by atoms with Crippen LogP contribution in [0, 0.1) is 20.8 Å². The third kappa shape index (κ3) is 4.42. The van der Waals surface area contributed by atoms with Crippen LogP contribution in [0.15, 0.2) is 36.5 Å². The number of urea groups is 1. The van der Waals surface area contributed by atoms with Crippen molar-refractivity contribution in [1.82, 2.24) is 30.0 Å². The van der Waals surface area contributed by atoms with Gasteiger partial charge in [0.1, 0.15) is 5.82 Å². The van der Waals surface area contributed by atoms with Gasteiger partial charge in [0, 0.05) is 31.2 Å². The van der Waals surface area contributed by atoms with E-state index in [9.17, 15) is 4.79 Å². The zero-order valence-electron chi connectivity index (χ0n) is 17.2. The predicted octanol–water partition coefficient (Wildman–Crippen LogP) is 3.81. The van der Waals surface area contributed by atoms with Crippen molar-refractivity contribution in [1.29, 1.82) is 0 Å². The van der Waals surface area contributed by atoms with Crippen molar-refractivity contribution < 1.29 is 4.79 Å². The number of amides is 2. The van der Waals surface area contributed by atoms with E-state index in [0.29, 0.717) is 6.54 Å². The van der Waals surface area contributed by atoms with Crippen LogP contribution in [0.25, 0.3) is 5.69 Å². The highest BCUT2D eigenvalue weighted by atomic mass is 16.2. The summed E-state index contributed by atoms with van der Waals surface area (Å²) >= 11 is 0. The molecule has 3 aromatic rings. The molecule has 0 spiro atoms. The SMILES string of the molecule is CC[C@@H](NC(=O)N(C)Cc1cccc(-n2nc(C)cc2C)c1)c1ncc(C)[nH]1. The third-order valence-electron chi connectivity index (χ3n) is 4.69. The van der Waals surface area contributed by atoms with E-state index in [1.165, 1.54) is 0 Å². The summed E-state index contributed by atoms with van der Waals surface area (Å²) in [6.45, 7) is 8.50. The zero-order chi connectivity index (χ0) is 20.3. The van der Waals surface area contributed by atoms with Crippen LogP contribution in [0.1, 0.15) is 47.9 Å². The fourth-order valence-corrected chi connectivity index (χ4v) is 3.26. The van der Waals surface area contributed by atoms with E-state index in [-0.39, 0.29) is 12.1 Å². The molecule has 2 aromatic heterocycles. The zero-order valence-corrected chi connectivity index (χ0v) is 17.2. The molecule has 28 heavy (non-hydrogen) atoms. The Kier molecular flexibility index (Phi) is 5.82. The summed E-state index contributed by atoms with van der Waals surface area (Å²) in [5.74, 6) is 0.785. The number of nitrogens with zero attached hydrogens (tertiary/aromatic N) is 4. The molecule has 1 atom stereocenters. The van der Waals surface area contributed by atoms with Gasteiger partial charge in [-0.15, -0.1) is 0 Å². The molecule has 7 heteroatoms. The number of imidazole rings is 1. The van der Waals surface area contributed by atoms with Gasteiger partial charge < -0.3 is 15.2 Å². The molecule has 2 amide bonds. The first-order valence-electron chi connectivity index (χ1n) is 9.53. The maximum atomic E-state index is 12.7. The van der Waals surface area contributed by atoms with E-state index in [0.717, 1.165) is 40.6 Å². The van der Waals surface area contributed by atoms with Gasteiger partial charge in [-0.25, -0.2) is 14.5 Å². The van der Waals surface area contributed by atoms with Crippen LogP contribution in [0.4, 0.5) is 4.79 Å². The first-order valence-corrected chi connectivity index (χ1v) is 9.53. The van der Waals surface area contributed by atoms with E-state index in [1.807, 2.05) is 56.6 Å². The molecule has 0 aliphatic rings. The van der Waals surface area contributed by atoms with Crippen molar-refractivity contribution in [2.75, 3.05) is 7.05 Å². The highest BCUT2D eigenvalue weighted by Gasteiger charge is 2.18. The Bertz CT molecular complexity index is 957. The van der Waals surface area contributed by atoms with E-state index in [1.54, 1.807) is 18.1 Å². The maximum Gasteiger partial charge on any atom is 0.318 e. The Labute approximate surface area is 165 Å². The Morgan fingerprint density at radius 1 is 1.29 bits per heavy atom. The number of aromatic amines is 1. The second-order valence-electron chi connectivity index (χ2n) is 7.23. The van der Waals surface area contributed by atoms with Crippen LogP contribution >= 0.6 is 0 Å². The van der Waals surface area contributed by atoms with Gasteiger partial charge in [-0.05, 0) is 51.0 Å². The van der Waals surface area contributed by atoms with E-state index < -0.39 is 0 Å². The van der Waals surface area contributed by atoms with Gasteiger partial charge in [0.25, 0.3) is 0 Å². The fraction of sp³-hybridized carbons (Fsp3) is 0.381. The van der Waals surface area contributed by atoms with E-state index in [4.69, 9.17) is 0 Å². The van der Waals surface area contributed by atoms with Crippen molar-refractivity contribution in [3.05, 3.63) is 65.0 Å². The van der Waals surface area contributed by atoms with Crippen LogP contribution in [-0.2, 0) is 6.54 Å². The lowest BCUT2D eigenvalue weighted by molar-refractivity contribution is 0.201. The quantitative estimate of drug-likeness (QED) is 0.682. The topological polar surface area (TPSA) is 78.8 Å². The van der Waals surface area contributed by atoms with Crippen LogP contribution in [-0.4, -0.2) is 37.7 Å². The first kappa shape index (κ1) is 19.7. The molecule has 0 unspecified atom stereocenters. The lowest BCUT2D eigenvalue weighted by Crippen LogP contribution is -2.39. The second-order valence-corrected chi connectivity index (χ2v) is 7.23. The second kappa shape index (κ2) is 8.29. The van der Waals surface area contributed by atoms with Crippen molar-refractivity contribution in [2.45, 2.75) is 46.7 Å². The third-order valence-corrected chi connectivity index (χ3v) is 4.69. The lowest BCUT2D eigenvalue weighted by Gasteiger charge is -2.22. The Morgan fingerprint density at radius 2 is 2.07 bits per heavy atom. The summed E-state index contributed by atoms with van der Waals surface area (Å²) in [5, 5.41) is 7.59. The smallest absolute Gasteiger partial charge is 0.318 e. The van der Waals surface area contributed by atoms with Crippen LogP contribution in [0.2, 0.25) is 0 Å². The number of hydrogen-bond donors (Lipinski definition) is 2. The van der Waals surface area contributed by atoms with Crippen LogP contribution < -0.4 is 5.32 Å². The average Bonchev–Trinajstić information content (AvgIpc) is 3.24. The Balaban J connectivity index is 1.68. The minimum atomic E-state index is -0.135. The summed E-state index contributed by atoms with van der Waals surface area (Å²) in [6, 6.07) is 9.89.